The summed E-state index contributed by atoms with van der Waals surface area (Å²) in [4.78, 5) is 11.9. The van der Waals surface area contributed by atoms with E-state index in [2.05, 4.69) is 5.32 Å². The third-order valence-electron chi connectivity index (χ3n) is 3.39. The highest BCUT2D eigenvalue weighted by molar-refractivity contribution is 5.94. The van der Waals surface area contributed by atoms with Crippen LogP contribution in [0, 0.1) is 11.6 Å². The lowest BCUT2D eigenvalue weighted by Gasteiger charge is -2.24. The zero-order valence-electron chi connectivity index (χ0n) is 11.9. The molecule has 1 aromatic carbocycles. The molecule has 21 heavy (non-hydrogen) atoms. The van der Waals surface area contributed by atoms with Crippen LogP contribution < -0.4 is 5.32 Å². The number of benzene rings is 1. The molecule has 0 aliphatic carbocycles. The summed E-state index contributed by atoms with van der Waals surface area (Å²) >= 11 is 0. The van der Waals surface area contributed by atoms with Gasteiger partial charge in [0.15, 0.2) is 0 Å². The number of rotatable bonds is 5. The SMILES string of the molecule is CC(OCC1CCCCO1)C(=O)Nc1c(F)cccc1F. The Labute approximate surface area is 122 Å². The Morgan fingerprint density at radius 2 is 2.14 bits per heavy atom. The summed E-state index contributed by atoms with van der Waals surface area (Å²) < 4.78 is 37.8. The second kappa shape index (κ2) is 7.47. The second-order valence-electron chi connectivity index (χ2n) is 5.05. The van der Waals surface area contributed by atoms with Gasteiger partial charge in [0.1, 0.15) is 23.4 Å². The van der Waals surface area contributed by atoms with Gasteiger partial charge in [-0.05, 0) is 38.3 Å². The Hall–Kier alpha value is -1.53. The zero-order chi connectivity index (χ0) is 15.2. The van der Waals surface area contributed by atoms with Crippen molar-refractivity contribution >= 4 is 11.6 Å². The van der Waals surface area contributed by atoms with E-state index in [1.165, 1.54) is 13.0 Å². The second-order valence-corrected chi connectivity index (χ2v) is 5.05. The summed E-state index contributed by atoms with van der Waals surface area (Å²) in [5.41, 5.74) is -0.452. The van der Waals surface area contributed by atoms with Gasteiger partial charge in [0.25, 0.3) is 5.91 Å². The molecule has 4 nitrogen and oxygen atoms in total. The van der Waals surface area contributed by atoms with E-state index in [4.69, 9.17) is 9.47 Å². The largest absolute Gasteiger partial charge is 0.376 e. The maximum Gasteiger partial charge on any atom is 0.253 e. The highest BCUT2D eigenvalue weighted by atomic mass is 19.1. The van der Waals surface area contributed by atoms with E-state index < -0.39 is 29.3 Å². The van der Waals surface area contributed by atoms with Crippen molar-refractivity contribution in [3.8, 4) is 0 Å². The molecule has 1 fully saturated rings. The molecule has 0 bridgehead atoms. The molecule has 2 rings (SSSR count). The number of carbonyl (C=O) groups excluding carboxylic acids is 1. The fraction of sp³-hybridized carbons (Fsp3) is 0.533. The topological polar surface area (TPSA) is 47.6 Å². The fourth-order valence-corrected chi connectivity index (χ4v) is 2.11. The first-order valence-corrected chi connectivity index (χ1v) is 7.06. The molecule has 1 aromatic rings. The van der Waals surface area contributed by atoms with Gasteiger partial charge >= 0.3 is 0 Å². The lowest BCUT2D eigenvalue weighted by molar-refractivity contribution is -0.130. The predicted molar refractivity (Wildman–Crippen MR) is 74.0 cm³/mol. The van der Waals surface area contributed by atoms with Crippen LogP contribution in [0.3, 0.4) is 0 Å². The lowest BCUT2D eigenvalue weighted by atomic mass is 10.1. The van der Waals surface area contributed by atoms with Gasteiger partial charge in [-0.15, -0.1) is 0 Å². The molecule has 6 heteroatoms. The number of ether oxygens (including phenoxy) is 2. The van der Waals surface area contributed by atoms with Gasteiger partial charge in [0, 0.05) is 6.61 Å². The molecule has 1 amide bonds. The van der Waals surface area contributed by atoms with Gasteiger partial charge in [0.05, 0.1) is 12.7 Å². The number of nitrogens with one attached hydrogen (secondary N) is 1. The van der Waals surface area contributed by atoms with Crippen molar-refractivity contribution in [3.05, 3.63) is 29.8 Å². The third-order valence-corrected chi connectivity index (χ3v) is 3.39. The molecule has 1 aliphatic rings. The number of hydrogen-bond donors (Lipinski definition) is 1. The normalized spacial score (nSPS) is 20.0. The van der Waals surface area contributed by atoms with Crippen molar-refractivity contribution in [2.75, 3.05) is 18.5 Å². The Morgan fingerprint density at radius 3 is 2.76 bits per heavy atom. The van der Waals surface area contributed by atoms with Crippen LogP contribution >= 0.6 is 0 Å². The van der Waals surface area contributed by atoms with Crippen LogP contribution in [0.15, 0.2) is 18.2 Å². The summed E-state index contributed by atoms with van der Waals surface area (Å²) in [5, 5.41) is 2.21. The van der Waals surface area contributed by atoms with E-state index in [1.807, 2.05) is 0 Å². The maximum atomic E-state index is 13.4. The van der Waals surface area contributed by atoms with E-state index in [1.54, 1.807) is 0 Å². The monoisotopic (exact) mass is 299 g/mol. The number of para-hydroxylation sites is 1. The molecule has 2 unspecified atom stereocenters. The number of carbonyl (C=O) groups is 1. The quantitative estimate of drug-likeness (QED) is 0.909. The van der Waals surface area contributed by atoms with Crippen LogP contribution in [0.4, 0.5) is 14.5 Å². The number of halogens is 2. The van der Waals surface area contributed by atoms with Gasteiger partial charge in [-0.2, -0.15) is 0 Å². The third kappa shape index (κ3) is 4.47. The van der Waals surface area contributed by atoms with Gasteiger partial charge in [-0.1, -0.05) is 6.07 Å². The molecule has 1 saturated heterocycles. The number of hydrogen-bond acceptors (Lipinski definition) is 3. The molecule has 1 aliphatic heterocycles. The highest BCUT2D eigenvalue weighted by Gasteiger charge is 2.20. The Bertz CT molecular complexity index is 470. The smallest absolute Gasteiger partial charge is 0.253 e. The van der Waals surface area contributed by atoms with Crippen molar-refractivity contribution in [2.45, 2.75) is 38.4 Å². The standard InChI is InChI=1S/C15H19F2NO3/c1-10(21-9-11-5-2-3-8-20-11)15(19)18-14-12(16)6-4-7-13(14)17/h4,6-7,10-11H,2-3,5,8-9H2,1H3,(H,18,19). The van der Waals surface area contributed by atoms with Crippen LogP contribution in [-0.2, 0) is 14.3 Å². The van der Waals surface area contributed by atoms with Gasteiger partial charge in [-0.25, -0.2) is 8.78 Å². The Balaban J connectivity index is 1.84. The van der Waals surface area contributed by atoms with Gasteiger partial charge < -0.3 is 14.8 Å². The molecule has 1 N–H and O–H groups in total. The number of anilines is 1. The molecular weight excluding hydrogens is 280 g/mol. The van der Waals surface area contributed by atoms with Crippen LogP contribution in [0.2, 0.25) is 0 Å². The minimum Gasteiger partial charge on any atom is -0.376 e. The average molecular weight is 299 g/mol. The molecule has 116 valence electrons. The minimum atomic E-state index is -0.814. The summed E-state index contributed by atoms with van der Waals surface area (Å²) in [6.07, 6.45) is 2.19. The molecule has 0 radical (unpaired) electrons. The van der Waals surface area contributed by atoms with Crippen molar-refractivity contribution in [1.29, 1.82) is 0 Å². The summed E-state index contributed by atoms with van der Waals surface area (Å²) in [6, 6.07) is 3.40. The zero-order valence-corrected chi connectivity index (χ0v) is 11.9. The maximum absolute atomic E-state index is 13.4. The van der Waals surface area contributed by atoms with E-state index in [-0.39, 0.29) is 6.10 Å². The highest BCUT2D eigenvalue weighted by Crippen LogP contribution is 2.19. The van der Waals surface area contributed by atoms with Gasteiger partial charge in [0.2, 0.25) is 0 Å². The van der Waals surface area contributed by atoms with Crippen molar-refractivity contribution in [3.63, 3.8) is 0 Å². The first-order chi connectivity index (χ1) is 10.1. The first kappa shape index (κ1) is 15.9. The molecule has 0 saturated carbocycles. The molecule has 0 aromatic heterocycles. The Morgan fingerprint density at radius 1 is 1.43 bits per heavy atom. The molecular formula is C15H19F2NO3. The minimum absolute atomic E-state index is 0.0146. The fourth-order valence-electron chi connectivity index (χ4n) is 2.11. The molecule has 0 spiro atoms. The number of amides is 1. The van der Waals surface area contributed by atoms with E-state index in [0.717, 1.165) is 31.4 Å². The van der Waals surface area contributed by atoms with E-state index >= 15 is 0 Å². The van der Waals surface area contributed by atoms with Crippen LogP contribution in [0.1, 0.15) is 26.2 Å². The van der Waals surface area contributed by atoms with E-state index in [0.29, 0.717) is 13.2 Å². The first-order valence-electron chi connectivity index (χ1n) is 7.06. The van der Waals surface area contributed by atoms with Gasteiger partial charge in [-0.3, -0.25) is 4.79 Å². The van der Waals surface area contributed by atoms with E-state index in [9.17, 15) is 13.6 Å². The van der Waals surface area contributed by atoms with Crippen LogP contribution in [0.5, 0.6) is 0 Å². The predicted octanol–water partition coefficient (Wildman–Crippen LogP) is 2.88. The van der Waals surface area contributed by atoms with Crippen molar-refractivity contribution < 1.29 is 23.0 Å². The van der Waals surface area contributed by atoms with Crippen molar-refractivity contribution in [1.82, 2.24) is 0 Å². The Kier molecular flexibility index (Phi) is 5.64. The van der Waals surface area contributed by atoms with Crippen LogP contribution in [-0.4, -0.2) is 31.3 Å². The van der Waals surface area contributed by atoms with Crippen LogP contribution in [0.25, 0.3) is 0 Å². The molecule has 2 atom stereocenters. The average Bonchev–Trinajstić information content (AvgIpc) is 2.49. The summed E-state index contributed by atoms with van der Waals surface area (Å²) in [7, 11) is 0. The lowest BCUT2D eigenvalue weighted by Crippen LogP contribution is -2.33. The van der Waals surface area contributed by atoms with Crippen molar-refractivity contribution in [2.24, 2.45) is 0 Å². The summed E-state index contributed by atoms with van der Waals surface area (Å²) in [5.74, 6) is -2.22. The summed E-state index contributed by atoms with van der Waals surface area (Å²) in [6.45, 7) is 2.54. The molecule has 1 heterocycles.